The third-order valence-electron chi connectivity index (χ3n) is 3.59. The van der Waals surface area contributed by atoms with Gasteiger partial charge in [-0.15, -0.1) is 11.3 Å². The molecule has 0 radical (unpaired) electrons. The molecule has 0 fully saturated rings. The van der Waals surface area contributed by atoms with Crippen molar-refractivity contribution in [3.05, 3.63) is 51.5 Å². The van der Waals surface area contributed by atoms with Crippen LogP contribution in [0.4, 0.5) is 10.1 Å². The van der Waals surface area contributed by atoms with E-state index in [1.54, 1.807) is 30.4 Å². The molecular weight excluding hydrogens is 261 g/mol. The van der Waals surface area contributed by atoms with Crippen LogP contribution >= 0.6 is 11.3 Å². The van der Waals surface area contributed by atoms with Gasteiger partial charge in [0.15, 0.2) is 0 Å². The summed E-state index contributed by atoms with van der Waals surface area (Å²) in [7, 11) is 0. The summed E-state index contributed by atoms with van der Waals surface area (Å²) in [5, 5.41) is 11.9. The van der Waals surface area contributed by atoms with Crippen molar-refractivity contribution in [1.29, 1.82) is 0 Å². The van der Waals surface area contributed by atoms with Gasteiger partial charge >= 0.3 is 0 Å². The maximum atomic E-state index is 14.1. The first-order valence-corrected chi connectivity index (χ1v) is 7.31. The Balaban J connectivity index is 2.00. The fourth-order valence-corrected chi connectivity index (χ4v) is 3.53. The Morgan fingerprint density at radius 3 is 3.00 bits per heavy atom. The number of thiophene rings is 1. The Morgan fingerprint density at radius 1 is 1.37 bits per heavy atom. The lowest BCUT2D eigenvalue weighted by Crippen LogP contribution is -2.31. The average Bonchev–Trinajstić information content (AvgIpc) is 2.85. The van der Waals surface area contributed by atoms with Crippen LogP contribution < -0.4 is 4.90 Å². The number of hydrogen-bond donors (Lipinski definition) is 1. The average molecular weight is 277 g/mol. The molecule has 19 heavy (non-hydrogen) atoms. The van der Waals surface area contributed by atoms with Crippen molar-refractivity contribution in [1.82, 2.24) is 0 Å². The van der Waals surface area contributed by atoms with E-state index < -0.39 is 6.10 Å². The van der Waals surface area contributed by atoms with Gasteiger partial charge in [-0.05, 0) is 36.4 Å². The maximum absolute atomic E-state index is 14.1. The van der Waals surface area contributed by atoms with Crippen molar-refractivity contribution in [2.45, 2.75) is 26.0 Å². The quantitative estimate of drug-likeness (QED) is 0.908. The van der Waals surface area contributed by atoms with Gasteiger partial charge in [0.1, 0.15) is 5.82 Å². The third-order valence-corrected chi connectivity index (χ3v) is 4.61. The van der Waals surface area contributed by atoms with Gasteiger partial charge in [-0.2, -0.15) is 0 Å². The lowest BCUT2D eigenvalue weighted by Gasteiger charge is -2.31. The first-order valence-electron chi connectivity index (χ1n) is 6.43. The minimum absolute atomic E-state index is 0.253. The molecule has 0 aliphatic carbocycles. The summed E-state index contributed by atoms with van der Waals surface area (Å²) >= 11 is 1.77. The SMILES string of the molecule is C[C@H](O)c1cccc(F)c1N1CCc2sccc2C1. The van der Waals surface area contributed by atoms with Gasteiger partial charge in [-0.1, -0.05) is 12.1 Å². The van der Waals surface area contributed by atoms with Gasteiger partial charge in [-0.3, -0.25) is 0 Å². The second-order valence-electron chi connectivity index (χ2n) is 4.89. The molecule has 1 atom stereocenters. The number of benzene rings is 1. The van der Waals surface area contributed by atoms with Crippen LogP contribution in [-0.4, -0.2) is 11.7 Å². The van der Waals surface area contributed by atoms with E-state index in [-0.39, 0.29) is 5.82 Å². The molecule has 3 rings (SSSR count). The number of aliphatic hydroxyl groups excluding tert-OH is 1. The molecule has 1 aliphatic rings. The number of anilines is 1. The van der Waals surface area contributed by atoms with Crippen LogP contribution in [0.1, 0.15) is 29.0 Å². The predicted molar refractivity (Wildman–Crippen MR) is 76.1 cm³/mol. The van der Waals surface area contributed by atoms with Crippen molar-refractivity contribution < 1.29 is 9.50 Å². The maximum Gasteiger partial charge on any atom is 0.146 e. The lowest BCUT2D eigenvalue weighted by molar-refractivity contribution is 0.199. The van der Waals surface area contributed by atoms with Crippen molar-refractivity contribution in [2.24, 2.45) is 0 Å². The minimum atomic E-state index is -0.658. The van der Waals surface area contributed by atoms with Crippen molar-refractivity contribution in [3.63, 3.8) is 0 Å². The molecule has 2 aromatic rings. The zero-order valence-corrected chi connectivity index (χ0v) is 11.6. The Hall–Kier alpha value is -1.39. The normalized spacial score (nSPS) is 16.3. The molecule has 2 nitrogen and oxygen atoms in total. The predicted octanol–water partition coefficient (Wildman–Crippen LogP) is 3.50. The van der Waals surface area contributed by atoms with Gasteiger partial charge in [0, 0.05) is 23.5 Å². The number of para-hydroxylation sites is 1. The number of nitrogens with zero attached hydrogens (tertiary/aromatic N) is 1. The van der Waals surface area contributed by atoms with E-state index in [0.29, 0.717) is 11.3 Å². The van der Waals surface area contributed by atoms with E-state index in [4.69, 9.17) is 0 Å². The summed E-state index contributed by atoms with van der Waals surface area (Å²) in [5.74, 6) is -0.253. The van der Waals surface area contributed by atoms with Crippen LogP contribution in [0.25, 0.3) is 0 Å². The number of aliphatic hydroxyl groups is 1. The molecule has 0 bridgehead atoms. The number of rotatable bonds is 2. The molecule has 0 saturated heterocycles. The fourth-order valence-electron chi connectivity index (χ4n) is 2.64. The Labute approximate surface area is 116 Å². The molecule has 0 unspecified atom stereocenters. The summed E-state index contributed by atoms with van der Waals surface area (Å²) in [4.78, 5) is 3.43. The van der Waals surface area contributed by atoms with E-state index in [9.17, 15) is 9.50 Å². The van der Waals surface area contributed by atoms with E-state index in [2.05, 4.69) is 11.4 Å². The fraction of sp³-hybridized carbons (Fsp3) is 0.333. The largest absolute Gasteiger partial charge is 0.389 e. The molecule has 0 saturated carbocycles. The highest BCUT2D eigenvalue weighted by Gasteiger charge is 2.23. The van der Waals surface area contributed by atoms with Gasteiger partial charge in [0.25, 0.3) is 0 Å². The molecule has 0 spiro atoms. The van der Waals surface area contributed by atoms with E-state index >= 15 is 0 Å². The molecule has 1 aromatic heterocycles. The highest BCUT2D eigenvalue weighted by Crippen LogP contribution is 2.34. The van der Waals surface area contributed by atoms with Gasteiger partial charge in [0.05, 0.1) is 11.8 Å². The van der Waals surface area contributed by atoms with Gasteiger partial charge in [0.2, 0.25) is 0 Å². The molecule has 1 aromatic carbocycles. The topological polar surface area (TPSA) is 23.5 Å². The molecule has 2 heterocycles. The van der Waals surface area contributed by atoms with Crippen LogP contribution in [0.5, 0.6) is 0 Å². The van der Waals surface area contributed by atoms with E-state index in [1.807, 2.05) is 4.90 Å². The van der Waals surface area contributed by atoms with Crippen LogP contribution in [0.2, 0.25) is 0 Å². The first-order chi connectivity index (χ1) is 9.16. The molecule has 100 valence electrons. The monoisotopic (exact) mass is 277 g/mol. The van der Waals surface area contributed by atoms with Crippen LogP contribution in [0, 0.1) is 5.82 Å². The van der Waals surface area contributed by atoms with Gasteiger partial charge < -0.3 is 10.0 Å². The third kappa shape index (κ3) is 2.26. The zero-order valence-electron chi connectivity index (χ0n) is 10.8. The number of fused-ring (bicyclic) bond motifs is 1. The second-order valence-corrected chi connectivity index (χ2v) is 5.89. The number of hydrogen-bond acceptors (Lipinski definition) is 3. The van der Waals surface area contributed by atoms with Crippen molar-refractivity contribution in [2.75, 3.05) is 11.4 Å². The Morgan fingerprint density at radius 2 is 2.21 bits per heavy atom. The first kappa shape index (κ1) is 12.6. The lowest BCUT2D eigenvalue weighted by atomic mass is 10.0. The molecule has 1 aliphatic heterocycles. The van der Waals surface area contributed by atoms with Crippen molar-refractivity contribution >= 4 is 17.0 Å². The Bertz CT molecular complexity index is 594. The Kier molecular flexibility index (Phi) is 3.29. The highest BCUT2D eigenvalue weighted by molar-refractivity contribution is 7.10. The summed E-state index contributed by atoms with van der Waals surface area (Å²) in [6.45, 7) is 3.20. The van der Waals surface area contributed by atoms with E-state index in [0.717, 1.165) is 19.5 Å². The van der Waals surface area contributed by atoms with Crippen LogP contribution in [0.15, 0.2) is 29.6 Å². The molecule has 4 heteroatoms. The van der Waals surface area contributed by atoms with Crippen LogP contribution in [0.3, 0.4) is 0 Å². The number of halogens is 1. The zero-order chi connectivity index (χ0) is 13.4. The summed E-state index contributed by atoms with van der Waals surface area (Å²) in [6.07, 6.45) is 0.287. The summed E-state index contributed by atoms with van der Waals surface area (Å²) in [6, 6.07) is 7.02. The van der Waals surface area contributed by atoms with Gasteiger partial charge in [-0.25, -0.2) is 4.39 Å². The molecule has 0 amide bonds. The second kappa shape index (κ2) is 4.94. The smallest absolute Gasteiger partial charge is 0.146 e. The molecular formula is C15H16FNOS. The standard InChI is InChI=1S/C15H16FNOS/c1-10(18)12-3-2-4-13(16)15(12)17-7-5-14-11(9-17)6-8-19-14/h2-4,6,8,10,18H,5,7,9H2,1H3/t10-/m0/s1. The summed E-state index contributed by atoms with van der Waals surface area (Å²) < 4.78 is 14.1. The summed E-state index contributed by atoms with van der Waals surface area (Å²) in [5.41, 5.74) is 2.49. The minimum Gasteiger partial charge on any atom is -0.389 e. The molecule has 1 N–H and O–H groups in total. The van der Waals surface area contributed by atoms with E-state index in [1.165, 1.54) is 16.5 Å². The van der Waals surface area contributed by atoms with Crippen LogP contribution in [-0.2, 0) is 13.0 Å². The highest BCUT2D eigenvalue weighted by atomic mass is 32.1. The van der Waals surface area contributed by atoms with Crippen molar-refractivity contribution in [3.8, 4) is 0 Å².